The Kier molecular flexibility index (Phi) is 5.06. The summed E-state index contributed by atoms with van der Waals surface area (Å²) in [6.45, 7) is 2.13. The molecule has 0 fully saturated rings. The molecule has 1 aromatic carbocycles. The number of halogens is 2. The van der Waals surface area contributed by atoms with Crippen molar-refractivity contribution in [3.05, 3.63) is 51.7 Å². The predicted molar refractivity (Wildman–Crippen MR) is 80.3 cm³/mol. The van der Waals surface area contributed by atoms with Gasteiger partial charge in [0.05, 0.1) is 16.7 Å². The van der Waals surface area contributed by atoms with E-state index in [1.165, 1.54) is 0 Å². The van der Waals surface area contributed by atoms with Crippen molar-refractivity contribution in [2.45, 2.75) is 13.0 Å². The van der Waals surface area contributed by atoms with Crippen LogP contribution in [0.25, 0.3) is 6.08 Å². The van der Waals surface area contributed by atoms with E-state index in [9.17, 15) is 4.79 Å². The molecule has 0 radical (unpaired) electrons. The first-order valence-electron chi connectivity index (χ1n) is 6.13. The number of hydrogen-bond acceptors (Lipinski definition) is 4. The third kappa shape index (κ3) is 3.76. The highest BCUT2D eigenvalue weighted by Gasteiger charge is 2.21. The number of nitrogens with one attached hydrogen (secondary N) is 2. The van der Waals surface area contributed by atoms with Gasteiger partial charge < -0.3 is 10.2 Å². The average molecular weight is 313 g/mol. The summed E-state index contributed by atoms with van der Waals surface area (Å²) in [4.78, 5) is 11.5. The Bertz CT molecular complexity index is 570. The number of allylic oxidation sites excluding steroid dienone is 1. The summed E-state index contributed by atoms with van der Waals surface area (Å²) < 4.78 is 4.92. The molecular formula is C14H14Cl2N2O2. The Morgan fingerprint density at radius 1 is 1.35 bits per heavy atom. The average Bonchev–Trinajstić information content (AvgIpc) is 2.89. The van der Waals surface area contributed by atoms with Crippen LogP contribution in [-0.2, 0) is 9.53 Å². The highest BCUT2D eigenvalue weighted by molar-refractivity contribution is 6.42. The fraction of sp³-hybridized carbons (Fsp3) is 0.214. The van der Waals surface area contributed by atoms with Gasteiger partial charge in [0, 0.05) is 5.70 Å². The van der Waals surface area contributed by atoms with Gasteiger partial charge in [0.25, 0.3) is 0 Å². The molecule has 0 amide bonds. The third-order valence-corrected chi connectivity index (χ3v) is 3.40. The number of esters is 1. The summed E-state index contributed by atoms with van der Waals surface area (Å²) in [6.07, 6.45) is 5.47. The van der Waals surface area contributed by atoms with Crippen LogP contribution < -0.4 is 10.9 Å². The number of hydrazine groups is 1. The quantitative estimate of drug-likeness (QED) is 0.839. The van der Waals surface area contributed by atoms with Gasteiger partial charge in [-0.3, -0.25) is 0 Å². The fourth-order valence-electron chi connectivity index (χ4n) is 1.68. The highest BCUT2D eigenvalue weighted by Crippen LogP contribution is 2.23. The van der Waals surface area contributed by atoms with Crippen molar-refractivity contribution in [3.8, 4) is 0 Å². The summed E-state index contributed by atoms with van der Waals surface area (Å²) in [7, 11) is 0. The van der Waals surface area contributed by atoms with Crippen molar-refractivity contribution in [1.82, 2.24) is 10.9 Å². The predicted octanol–water partition coefficient (Wildman–Crippen LogP) is 2.93. The van der Waals surface area contributed by atoms with E-state index < -0.39 is 6.04 Å². The Morgan fingerprint density at radius 2 is 2.15 bits per heavy atom. The van der Waals surface area contributed by atoms with E-state index in [4.69, 9.17) is 27.9 Å². The molecule has 1 atom stereocenters. The Hall–Kier alpha value is -1.49. The molecule has 0 saturated carbocycles. The van der Waals surface area contributed by atoms with Gasteiger partial charge in [-0.2, -0.15) is 0 Å². The number of benzene rings is 1. The van der Waals surface area contributed by atoms with E-state index in [1.54, 1.807) is 25.1 Å². The van der Waals surface area contributed by atoms with E-state index in [1.807, 2.05) is 18.2 Å². The van der Waals surface area contributed by atoms with E-state index >= 15 is 0 Å². The zero-order chi connectivity index (χ0) is 14.5. The largest absolute Gasteiger partial charge is 0.465 e. The van der Waals surface area contributed by atoms with Crippen LogP contribution in [0.1, 0.15) is 12.5 Å². The van der Waals surface area contributed by atoms with Gasteiger partial charge >= 0.3 is 5.97 Å². The molecule has 2 rings (SSSR count). The lowest BCUT2D eigenvalue weighted by Crippen LogP contribution is -2.38. The zero-order valence-corrected chi connectivity index (χ0v) is 12.3. The highest BCUT2D eigenvalue weighted by atomic mass is 35.5. The molecule has 0 aliphatic carbocycles. The van der Waals surface area contributed by atoms with E-state index in [0.29, 0.717) is 16.7 Å². The second kappa shape index (κ2) is 6.79. The molecule has 6 heteroatoms. The zero-order valence-electron chi connectivity index (χ0n) is 10.8. The molecule has 2 N–H and O–H groups in total. The van der Waals surface area contributed by atoms with Gasteiger partial charge in [0.2, 0.25) is 0 Å². The van der Waals surface area contributed by atoms with Gasteiger partial charge in [0.1, 0.15) is 6.04 Å². The van der Waals surface area contributed by atoms with Crippen LogP contribution in [0.3, 0.4) is 0 Å². The monoisotopic (exact) mass is 312 g/mol. The van der Waals surface area contributed by atoms with Gasteiger partial charge in [0.15, 0.2) is 0 Å². The maximum Gasteiger partial charge on any atom is 0.329 e. The minimum absolute atomic E-state index is 0.307. The first-order valence-corrected chi connectivity index (χ1v) is 6.89. The van der Waals surface area contributed by atoms with Gasteiger partial charge in [-0.1, -0.05) is 35.3 Å². The molecule has 1 aliphatic heterocycles. The lowest BCUT2D eigenvalue weighted by Gasteiger charge is -2.06. The fourth-order valence-corrected chi connectivity index (χ4v) is 1.99. The molecule has 20 heavy (non-hydrogen) atoms. The molecule has 0 bridgehead atoms. The molecule has 106 valence electrons. The van der Waals surface area contributed by atoms with Crippen LogP contribution in [0.15, 0.2) is 36.0 Å². The van der Waals surface area contributed by atoms with Gasteiger partial charge in [-0.25, -0.2) is 10.2 Å². The summed E-state index contributed by atoms with van der Waals surface area (Å²) in [5, 5.41) is 1.02. The van der Waals surface area contributed by atoms with Crippen LogP contribution in [0.2, 0.25) is 10.0 Å². The maximum absolute atomic E-state index is 11.5. The minimum atomic E-state index is -0.469. The number of ether oxygens (including phenoxy) is 1. The molecule has 1 unspecified atom stereocenters. The van der Waals surface area contributed by atoms with Crippen LogP contribution in [0, 0.1) is 0 Å². The first kappa shape index (κ1) is 14.9. The van der Waals surface area contributed by atoms with E-state index in [0.717, 1.165) is 11.3 Å². The minimum Gasteiger partial charge on any atom is -0.465 e. The van der Waals surface area contributed by atoms with E-state index in [2.05, 4.69) is 10.9 Å². The molecule has 0 saturated heterocycles. The standard InChI is InChI=1S/C14H14Cl2N2O2/c1-2-20-14(19)13-8-10(17-18-13)5-3-9-4-6-11(15)12(16)7-9/h3-8,13,17-18H,2H2,1H3/b5-3+. The lowest BCUT2D eigenvalue weighted by atomic mass is 10.2. The van der Waals surface area contributed by atoms with Crippen molar-refractivity contribution in [2.24, 2.45) is 0 Å². The Morgan fingerprint density at radius 3 is 2.85 bits per heavy atom. The topological polar surface area (TPSA) is 50.4 Å². The summed E-state index contributed by atoms with van der Waals surface area (Å²) in [5.74, 6) is -0.307. The second-order valence-corrected chi connectivity index (χ2v) is 4.94. The van der Waals surface area contributed by atoms with Crippen molar-refractivity contribution in [2.75, 3.05) is 6.61 Å². The van der Waals surface area contributed by atoms with Crippen LogP contribution in [-0.4, -0.2) is 18.6 Å². The summed E-state index contributed by atoms with van der Waals surface area (Å²) in [6, 6.07) is 4.89. The molecule has 4 nitrogen and oxygen atoms in total. The summed E-state index contributed by atoms with van der Waals surface area (Å²) >= 11 is 11.8. The van der Waals surface area contributed by atoms with Crippen LogP contribution in [0.4, 0.5) is 0 Å². The molecule has 1 aliphatic rings. The molecule has 1 heterocycles. The van der Waals surface area contributed by atoms with Crippen molar-refractivity contribution in [1.29, 1.82) is 0 Å². The smallest absolute Gasteiger partial charge is 0.329 e. The molecular weight excluding hydrogens is 299 g/mol. The van der Waals surface area contributed by atoms with Crippen molar-refractivity contribution >= 4 is 35.2 Å². The van der Waals surface area contributed by atoms with Crippen LogP contribution >= 0.6 is 23.2 Å². The lowest BCUT2D eigenvalue weighted by molar-refractivity contribution is -0.144. The summed E-state index contributed by atoms with van der Waals surface area (Å²) in [5.41, 5.74) is 7.44. The number of carbonyl (C=O) groups is 1. The Balaban J connectivity index is 2.03. The number of hydrogen-bond donors (Lipinski definition) is 2. The molecule has 0 spiro atoms. The Labute approximate surface area is 127 Å². The van der Waals surface area contributed by atoms with Gasteiger partial charge in [-0.15, -0.1) is 0 Å². The number of carbonyl (C=O) groups excluding carboxylic acids is 1. The van der Waals surface area contributed by atoms with Crippen molar-refractivity contribution in [3.63, 3.8) is 0 Å². The normalized spacial score (nSPS) is 17.9. The third-order valence-electron chi connectivity index (χ3n) is 2.66. The number of rotatable bonds is 4. The second-order valence-electron chi connectivity index (χ2n) is 4.13. The molecule has 0 aromatic heterocycles. The SMILES string of the molecule is CCOC(=O)C1C=C(/C=C/c2ccc(Cl)c(Cl)c2)NN1. The maximum atomic E-state index is 11.5. The van der Waals surface area contributed by atoms with Crippen LogP contribution in [0.5, 0.6) is 0 Å². The molecule has 1 aromatic rings. The van der Waals surface area contributed by atoms with E-state index in [-0.39, 0.29) is 5.97 Å². The first-order chi connectivity index (χ1) is 9.60. The van der Waals surface area contributed by atoms with Crippen molar-refractivity contribution < 1.29 is 9.53 Å². The van der Waals surface area contributed by atoms with Gasteiger partial charge in [-0.05, 0) is 36.8 Å².